The molecule has 1 aliphatic carbocycles. The van der Waals surface area contributed by atoms with E-state index < -0.39 is 0 Å². The fourth-order valence-corrected chi connectivity index (χ4v) is 1.64. The van der Waals surface area contributed by atoms with Crippen molar-refractivity contribution in [2.45, 2.75) is 31.7 Å². The minimum absolute atomic E-state index is 0.530. The molecule has 0 radical (unpaired) electrons. The van der Waals surface area contributed by atoms with E-state index in [9.17, 15) is 0 Å². The summed E-state index contributed by atoms with van der Waals surface area (Å²) in [6.07, 6.45) is 4.13. The van der Waals surface area contributed by atoms with Crippen molar-refractivity contribution in [1.29, 1.82) is 0 Å². The normalized spacial score (nSPS) is 34.1. The predicted molar refractivity (Wildman–Crippen MR) is 46.6 cm³/mol. The minimum Gasteiger partial charge on any atom is -0.316 e. The van der Waals surface area contributed by atoms with Crippen LogP contribution in [-0.2, 0) is 0 Å². The van der Waals surface area contributed by atoms with Crippen molar-refractivity contribution >= 4 is 0 Å². The highest BCUT2D eigenvalue weighted by Crippen LogP contribution is 2.34. The standard InChI is InChI=1S/C9H18N2/c1-9(3-4-9)11-7-8-2-5-10-6-8/h8,10-11H,2-7H2,1H3. The lowest BCUT2D eigenvalue weighted by molar-refractivity contribution is 0.451. The molecule has 1 saturated heterocycles. The molecule has 64 valence electrons. The molecule has 0 aromatic rings. The van der Waals surface area contributed by atoms with Crippen LogP contribution in [0.25, 0.3) is 0 Å². The van der Waals surface area contributed by atoms with Crippen LogP contribution < -0.4 is 10.6 Å². The first-order valence-electron chi connectivity index (χ1n) is 4.74. The molecule has 0 amide bonds. The molecule has 0 aromatic carbocycles. The van der Waals surface area contributed by atoms with Crippen LogP contribution in [-0.4, -0.2) is 25.2 Å². The van der Waals surface area contributed by atoms with Gasteiger partial charge < -0.3 is 10.6 Å². The van der Waals surface area contributed by atoms with Gasteiger partial charge in [0.25, 0.3) is 0 Å². The van der Waals surface area contributed by atoms with Gasteiger partial charge >= 0.3 is 0 Å². The Kier molecular flexibility index (Phi) is 1.90. The highest BCUT2D eigenvalue weighted by atomic mass is 15.0. The molecule has 2 fully saturated rings. The van der Waals surface area contributed by atoms with Gasteiger partial charge in [0.05, 0.1) is 0 Å². The van der Waals surface area contributed by atoms with E-state index in [1.54, 1.807) is 0 Å². The van der Waals surface area contributed by atoms with Gasteiger partial charge in [-0.2, -0.15) is 0 Å². The van der Waals surface area contributed by atoms with Gasteiger partial charge in [0, 0.05) is 5.54 Å². The number of rotatable bonds is 3. The summed E-state index contributed by atoms with van der Waals surface area (Å²) in [6, 6.07) is 0. The molecule has 0 bridgehead atoms. The Morgan fingerprint density at radius 3 is 2.91 bits per heavy atom. The quantitative estimate of drug-likeness (QED) is 0.626. The zero-order valence-electron chi connectivity index (χ0n) is 7.32. The average Bonchev–Trinajstić information content (AvgIpc) is 2.53. The topological polar surface area (TPSA) is 24.1 Å². The lowest BCUT2D eigenvalue weighted by Gasteiger charge is -2.14. The van der Waals surface area contributed by atoms with Crippen LogP contribution in [0.1, 0.15) is 26.2 Å². The van der Waals surface area contributed by atoms with Gasteiger partial charge in [-0.1, -0.05) is 0 Å². The summed E-state index contributed by atoms with van der Waals surface area (Å²) in [5.41, 5.74) is 0.530. The van der Waals surface area contributed by atoms with Crippen molar-refractivity contribution in [2.24, 2.45) is 5.92 Å². The van der Waals surface area contributed by atoms with Crippen molar-refractivity contribution < 1.29 is 0 Å². The SMILES string of the molecule is CC1(NCC2CCNC2)CC1. The second-order valence-corrected chi connectivity index (χ2v) is 4.30. The van der Waals surface area contributed by atoms with E-state index in [1.165, 1.54) is 38.9 Å². The third-order valence-electron chi connectivity index (χ3n) is 2.98. The predicted octanol–water partition coefficient (Wildman–Crippen LogP) is 0.738. The van der Waals surface area contributed by atoms with E-state index in [-0.39, 0.29) is 0 Å². The molecule has 0 aromatic heterocycles. The maximum atomic E-state index is 3.63. The van der Waals surface area contributed by atoms with Crippen LogP contribution in [0, 0.1) is 5.92 Å². The van der Waals surface area contributed by atoms with Crippen molar-refractivity contribution in [3.05, 3.63) is 0 Å². The molecule has 0 spiro atoms. The van der Waals surface area contributed by atoms with E-state index in [2.05, 4.69) is 17.6 Å². The highest BCUT2D eigenvalue weighted by Gasteiger charge is 2.36. The number of hydrogen-bond acceptors (Lipinski definition) is 2. The fourth-order valence-electron chi connectivity index (χ4n) is 1.64. The summed E-state index contributed by atoms with van der Waals surface area (Å²) in [5, 5.41) is 7.02. The molecule has 11 heavy (non-hydrogen) atoms. The fraction of sp³-hybridized carbons (Fsp3) is 1.00. The molecule has 2 N–H and O–H groups in total. The van der Waals surface area contributed by atoms with E-state index >= 15 is 0 Å². The van der Waals surface area contributed by atoms with Gasteiger partial charge in [0.2, 0.25) is 0 Å². The van der Waals surface area contributed by atoms with Crippen LogP contribution in [0.5, 0.6) is 0 Å². The third-order valence-corrected chi connectivity index (χ3v) is 2.98. The van der Waals surface area contributed by atoms with Crippen LogP contribution >= 0.6 is 0 Å². The van der Waals surface area contributed by atoms with Crippen molar-refractivity contribution in [2.75, 3.05) is 19.6 Å². The molecule has 2 rings (SSSR count). The summed E-state index contributed by atoms with van der Waals surface area (Å²) in [7, 11) is 0. The Morgan fingerprint density at radius 2 is 2.36 bits per heavy atom. The molecular formula is C9H18N2. The molecule has 2 nitrogen and oxygen atoms in total. The maximum absolute atomic E-state index is 3.63. The molecule has 1 saturated carbocycles. The Hall–Kier alpha value is -0.0800. The summed E-state index contributed by atoms with van der Waals surface area (Å²) >= 11 is 0. The van der Waals surface area contributed by atoms with Gasteiger partial charge in [-0.05, 0) is 51.7 Å². The largest absolute Gasteiger partial charge is 0.316 e. The first kappa shape index (κ1) is 7.56. The summed E-state index contributed by atoms with van der Waals surface area (Å²) < 4.78 is 0. The van der Waals surface area contributed by atoms with E-state index in [1.807, 2.05) is 0 Å². The van der Waals surface area contributed by atoms with Crippen molar-refractivity contribution in [3.63, 3.8) is 0 Å². The molecule has 1 unspecified atom stereocenters. The van der Waals surface area contributed by atoms with Crippen LogP contribution in [0.3, 0.4) is 0 Å². The Balaban J connectivity index is 1.65. The second kappa shape index (κ2) is 2.76. The van der Waals surface area contributed by atoms with Crippen molar-refractivity contribution in [1.82, 2.24) is 10.6 Å². The number of nitrogens with one attached hydrogen (secondary N) is 2. The average molecular weight is 154 g/mol. The summed E-state index contributed by atoms with van der Waals surface area (Å²) in [6.45, 7) is 6.00. The van der Waals surface area contributed by atoms with Gasteiger partial charge in [-0.3, -0.25) is 0 Å². The van der Waals surface area contributed by atoms with Gasteiger partial charge in [-0.15, -0.1) is 0 Å². The van der Waals surface area contributed by atoms with Gasteiger partial charge in [-0.25, -0.2) is 0 Å². The van der Waals surface area contributed by atoms with Gasteiger partial charge in [0.15, 0.2) is 0 Å². The Bertz CT molecular complexity index is 134. The van der Waals surface area contributed by atoms with Crippen LogP contribution in [0.15, 0.2) is 0 Å². The first-order chi connectivity index (χ1) is 5.29. The third kappa shape index (κ3) is 1.94. The molecule has 1 aliphatic heterocycles. The summed E-state index contributed by atoms with van der Waals surface area (Å²) in [5.74, 6) is 0.896. The molecule has 1 heterocycles. The van der Waals surface area contributed by atoms with Gasteiger partial charge in [0.1, 0.15) is 0 Å². The van der Waals surface area contributed by atoms with Crippen LogP contribution in [0.4, 0.5) is 0 Å². The molecular weight excluding hydrogens is 136 g/mol. The van der Waals surface area contributed by atoms with Crippen molar-refractivity contribution in [3.8, 4) is 0 Å². The Labute approximate surface area is 68.7 Å². The molecule has 1 atom stereocenters. The molecule has 2 aliphatic rings. The van der Waals surface area contributed by atoms with E-state index in [0.717, 1.165) is 5.92 Å². The van der Waals surface area contributed by atoms with Crippen LogP contribution in [0.2, 0.25) is 0 Å². The van der Waals surface area contributed by atoms with E-state index in [0.29, 0.717) is 5.54 Å². The maximum Gasteiger partial charge on any atom is 0.0154 e. The minimum atomic E-state index is 0.530. The number of hydrogen-bond donors (Lipinski definition) is 2. The smallest absolute Gasteiger partial charge is 0.0154 e. The Morgan fingerprint density at radius 1 is 1.55 bits per heavy atom. The summed E-state index contributed by atoms with van der Waals surface area (Å²) in [4.78, 5) is 0. The second-order valence-electron chi connectivity index (χ2n) is 4.30. The lowest BCUT2D eigenvalue weighted by atomic mass is 10.1. The lowest BCUT2D eigenvalue weighted by Crippen LogP contribution is -2.33. The highest BCUT2D eigenvalue weighted by molar-refractivity contribution is 4.97. The first-order valence-corrected chi connectivity index (χ1v) is 4.74. The van der Waals surface area contributed by atoms with E-state index in [4.69, 9.17) is 0 Å². The zero-order chi connectivity index (χ0) is 7.73. The zero-order valence-corrected chi connectivity index (χ0v) is 7.32. The monoisotopic (exact) mass is 154 g/mol. The molecule has 2 heteroatoms.